The van der Waals surface area contributed by atoms with Crippen molar-refractivity contribution in [2.24, 2.45) is 0 Å². The van der Waals surface area contributed by atoms with Crippen LogP contribution in [0, 0.1) is 6.92 Å². The Balaban J connectivity index is 0.000000257. The summed E-state index contributed by atoms with van der Waals surface area (Å²) in [6.07, 6.45) is 9.00. The average Bonchev–Trinajstić information content (AvgIpc) is 2.43. The van der Waals surface area contributed by atoms with Gasteiger partial charge in [0.15, 0.2) is 0 Å². The predicted molar refractivity (Wildman–Crippen MR) is 81.2 cm³/mol. The predicted octanol–water partition coefficient (Wildman–Crippen LogP) is 4.91. The highest BCUT2D eigenvalue weighted by molar-refractivity contribution is 5.65. The molecule has 108 valence electrons. The topological polar surface area (TPSA) is 26.3 Å². The molecule has 1 aromatic carbocycles. The van der Waals surface area contributed by atoms with Crippen LogP contribution in [-0.2, 0) is 9.53 Å². The summed E-state index contributed by atoms with van der Waals surface area (Å²) in [6.45, 7) is 5.74. The van der Waals surface area contributed by atoms with Crippen molar-refractivity contribution in [3.63, 3.8) is 0 Å². The Morgan fingerprint density at radius 3 is 1.58 bits per heavy atom. The van der Waals surface area contributed by atoms with Crippen LogP contribution in [0.15, 0.2) is 30.3 Å². The summed E-state index contributed by atoms with van der Waals surface area (Å²) in [7, 11) is 0. The van der Waals surface area contributed by atoms with Crippen LogP contribution in [-0.4, -0.2) is 12.6 Å². The fraction of sp³-hybridized carbons (Fsp3) is 0.588. The van der Waals surface area contributed by atoms with Gasteiger partial charge in [0.2, 0.25) is 0 Å². The largest absolute Gasteiger partial charge is 0.466 e. The van der Waals surface area contributed by atoms with Crippen molar-refractivity contribution in [1.29, 1.82) is 0 Å². The summed E-state index contributed by atoms with van der Waals surface area (Å²) in [5.41, 5.74) is 1.32. The Labute approximate surface area is 118 Å². The average molecular weight is 264 g/mol. The molecule has 0 bridgehead atoms. The van der Waals surface area contributed by atoms with Crippen LogP contribution in [0.5, 0.6) is 0 Å². The molecule has 2 rings (SSSR count). The number of esters is 1. The Kier molecular flexibility index (Phi) is 12.2. The minimum absolute atomic E-state index is 0.211. The van der Waals surface area contributed by atoms with Gasteiger partial charge in [0.25, 0.3) is 0 Å². The summed E-state index contributed by atoms with van der Waals surface area (Å²) >= 11 is 0. The zero-order chi connectivity index (χ0) is 14.3. The van der Waals surface area contributed by atoms with Gasteiger partial charge in [-0.05, 0) is 13.8 Å². The lowest BCUT2D eigenvalue weighted by Crippen LogP contribution is -1.95. The molecular weight excluding hydrogens is 236 g/mol. The molecule has 1 aromatic rings. The minimum Gasteiger partial charge on any atom is -0.466 e. The first-order chi connectivity index (χ1) is 9.16. The van der Waals surface area contributed by atoms with E-state index in [-0.39, 0.29) is 5.97 Å². The lowest BCUT2D eigenvalue weighted by Gasteiger charge is -2.05. The van der Waals surface area contributed by atoms with Crippen molar-refractivity contribution in [3.8, 4) is 0 Å². The van der Waals surface area contributed by atoms with Crippen molar-refractivity contribution >= 4 is 5.97 Å². The van der Waals surface area contributed by atoms with Crippen LogP contribution in [0.25, 0.3) is 0 Å². The molecule has 0 radical (unpaired) electrons. The van der Waals surface area contributed by atoms with E-state index in [0.29, 0.717) is 6.61 Å². The Bertz CT molecular complexity index is 291. The molecule has 1 saturated carbocycles. The Hall–Kier alpha value is -1.31. The number of carbonyl (C=O) groups is 1. The molecule has 0 atom stereocenters. The molecule has 0 unspecified atom stereocenters. The number of hydrogen-bond acceptors (Lipinski definition) is 2. The van der Waals surface area contributed by atoms with Gasteiger partial charge < -0.3 is 4.74 Å². The molecular formula is C17H28O2. The van der Waals surface area contributed by atoms with Gasteiger partial charge in [-0.3, -0.25) is 4.79 Å². The van der Waals surface area contributed by atoms with E-state index in [1.807, 2.05) is 18.2 Å². The van der Waals surface area contributed by atoms with Gasteiger partial charge >= 0.3 is 5.97 Å². The third kappa shape index (κ3) is 14.6. The highest BCUT2D eigenvalue weighted by atomic mass is 16.5. The molecule has 1 aliphatic rings. The van der Waals surface area contributed by atoms with Crippen molar-refractivity contribution in [2.45, 2.75) is 59.3 Å². The third-order valence-corrected chi connectivity index (χ3v) is 2.79. The van der Waals surface area contributed by atoms with Gasteiger partial charge in [0.1, 0.15) is 0 Å². The maximum absolute atomic E-state index is 9.82. The number of carbonyl (C=O) groups excluding carboxylic acids is 1. The first-order valence-electron chi connectivity index (χ1n) is 7.31. The lowest BCUT2D eigenvalue weighted by atomic mass is 10.0. The number of benzene rings is 1. The van der Waals surface area contributed by atoms with Crippen LogP contribution in [0.4, 0.5) is 0 Å². The SMILES string of the molecule is C1CCCCC1.CCOC(C)=O.Cc1ccccc1. The number of rotatable bonds is 1. The number of aryl methyl sites for hydroxylation is 1. The summed E-state index contributed by atoms with van der Waals surface area (Å²) in [5.74, 6) is -0.211. The molecule has 19 heavy (non-hydrogen) atoms. The second-order valence-electron chi connectivity index (χ2n) is 4.70. The lowest BCUT2D eigenvalue weighted by molar-refractivity contribution is -0.140. The summed E-state index contributed by atoms with van der Waals surface area (Å²) in [5, 5.41) is 0. The van der Waals surface area contributed by atoms with E-state index < -0.39 is 0 Å². The van der Waals surface area contributed by atoms with Gasteiger partial charge in [0, 0.05) is 6.92 Å². The van der Waals surface area contributed by atoms with Crippen molar-refractivity contribution in [3.05, 3.63) is 35.9 Å². The van der Waals surface area contributed by atoms with Gasteiger partial charge in [-0.2, -0.15) is 0 Å². The van der Waals surface area contributed by atoms with Crippen molar-refractivity contribution in [1.82, 2.24) is 0 Å². The molecule has 1 fully saturated rings. The Morgan fingerprint density at radius 1 is 1.00 bits per heavy atom. The first kappa shape index (κ1) is 17.7. The maximum Gasteiger partial charge on any atom is 0.302 e. The van der Waals surface area contributed by atoms with E-state index in [2.05, 4.69) is 23.8 Å². The molecule has 0 aliphatic heterocycles. The maximum atomic E-state index is 9.82. The van der Waals surface area contributed by atoms with Gasteiger partial charge in [-0.15, -0.1) is 0 Å². The fourth-order valence-corrected chi connectivity index (χ4v) is 1.80. The van der Waals surface area contributed by atoms with Crippen molar-refractivity contribution in [2.75, 3.05) is 6.61 Å². The summed E-state index contributed by atoms with van der Waals surface area (Å²) in [6, 6.07) is 10.3. The third-order valence-electron chi connectivity index (χ3n) is 2.79. The van der Waals surface area contributed by atoms with E-state index in [4.69, 9.17) is 0 Å². The molecule has 0 spiro atoms. The Morgan fingerprint density at radius 2 is 1.42 bits per heavy atom. The second kappa shape index (κ2) is 13.1. The molecule has 1 aliphatic carbocycles. The first-order valence-corrected chi connectivity index (χ1v) is 7.31. The number of ether oxygens (including phenoxy) is 1. The zero-order valence-electron chi connectivity index (χ0n) is 12.7. The van der Waals surface area contributed by atoms with Crippen LogP contribution in [0.2, 0.25) is 0 Å². The molecule has 0 amide bonds. The molecule has 0 aromatic heterocycles. The molecule has 0 N–H and O–H groups in total. The van der Waals surface area contributed by atoms with Crippen LogP contribution in [0.3, 0.4) is 0 Å². The summed E-state index contributed by atoms with van der Waals surface area (Å²) in [4.78, 5) is 9.82. The standard InChI is InChI=1S/C7H8.C6H12.C4H8O2/c1-7-5-3-2-4-6-7;1-2-4-6-5-3-1;1-3-6-4(2)5/h2-6H,1H3;1-6H2;3H2,1-2H3. The molecule has 0 saturated heterocycles. The quantitative estimate of drug-likeness (QED) is 0.674. The molecule has 2 heteroatoms. The fourth-order valence-electron chi connectivity index (χ4n) is 1.80. The zero-order valence-corrected chi connectivity index (χ0v) is 12.7. The monoisotopic (exact) mass is 264 g/mol. The van der Waals surface area contributed by atoms with Crippen LogP contribution >= 0.6 is 0 Å². The van der Waals surface area contributed by atoms with E-state index >= 15 is 0 Å². The van der Waals surface area contributed by atoms with E-state index in [9.17, 15) is 4.79 Å². The normalized spacial score (nSPS) is 13.2. The van der Waals surface area contributed by atoms with Gasteiger partial charge in [-0.1, -0.05) is 74.4 Å². The van der Waals surface area contributed by atoms with Gasteiger partial charge in [-0.25, -0.2) is 0 Å². The highest BCUT2D eigenvalue weighted by Crippen LogP contribution is 2.15. The molecule has 2 nitrogen and oxygen atoms in total. The van der Waals surface area contributed by atoms with Crippen LogP contribution < -0.4 is 0 Å². The highest BCUT2D eigenvalue weighted by Gasteiger charge is 1.95. The van der Waals surface area contributed by atoms with Gasteiger partial charge in [0.05, 0.1) is 6.61 Å². The minimum atomic E-state index is -0.211. The molecule has 0 heterocycles. The van der Waals surface area contributed by atoms with Crippen LogP contribution in [0.1, 0.15) is 57.9 Å². The smallest absolute Gasteiger partial charge is 0.302 e. The van der Waals surface area contributed by atoms with Crippen molar-refractivity contribution < 1.29 is 9.53 Å². The van der Waals surface area contributed by atoms with E-state index in [1.165, 1.54) is 51.0 Å². The van der Waals surface area contributed by atoms with E-state index in [1.54, 1.807) is 6.92 Å². The van der Waals surface area contributed by atoms with E-state index in [0.717, 1.165) is 0 Å². The number of hydrogen-bond donors (Lipinski definition) is 0. The summed E-state index contributed by atoms with van der Waals surface area (Å²) < 4.78 is 4.40. The second-order valence-corrected chi connectivity index (χ2v) is 4.70.